The molecule has 0 amide bonds. The average Bonchev–Trinajstić information content (AvgIpc) is 1.92. The van der Waals surface area contributed by atoms with Crippen LogP contribution in [0.5, 0.6) is 0 Å². The van der Waals surface area contributed by atoms with Crippen LogP contribution < -0.4 is 0 Å². The molecule has 0 aliphatic rings. The van der Waals surface area contributed by atoms with E-state index in [4.69, 9.17) is 41.5 Å². The minimum absolute atomic E-state index is 0. The zero-order valence-corrected chi connectivity index (χ0v) is 12.9. The van der Waals surface area contributed by atoms with Crippen molar-refractivity contribution < 1.29 is 59.4 Å². The molecule has 4 N–H and O–H groups in total. The molecule has 10 heteroatoms. The van der Waals surface area contributed by atoms with Gasteiger partial charge in [-0.1, -0.05) is 0 Å². The van der Waals surface area contributed by atoms with Gasteiger partial charge in [-0.15, -0.1) is 0 Å². The Bertz CT molecular complexity index is 161. The third kappa shape index (κ3) is 363. The van der Waals surface area contributed by atoms with Crippen LogP contribution in [0.3, 0.4) is 0 Å². The van der Waals surface area contributed by atoms with E-state index in [2.05, 4.69) is 0 Å². The van der Waals surface area contributed by atoms with Crippen molar-refractivity contribution in [2.75, 3.05) is 0 Å². The van der Waals surface area contributed by atoms with Gasteiger partial charge in [0, 0.05) is 39.0 Å². The Balaban J connectivity index is -0.0000000145. The molecule has 8 nitrogen and oxygen atoms in total. The molecule has 0 aromatic heterocycles. The standard InChI is InChI=1S/4CHNO.2Zn/c4*2-1-3;;/h4*3H;;. The topological polar surface area (TPSA) is 176 Å². The Morgan fingerprint density at radius 1 is 0.500 bits per heavy atom. The van der Waals surface area contributed by atoms with Crippen molar-refractivity contribution in [1.29, 1.82) is 21.0 Å². The average molecular weight is 303 g/mol. The van der Waals surface area contributed by atoms with Crippen molar-refractivity contribution in [1.82, 2.24) is 0 Å². The Kier molecular flexibility index (Phi) is 599. The Labute approximate surface area is 105 Å². The van der Waals surface area contributed by atoms with Crippen LogP contribution >= 0.6 is 0 Å². The molecule has 0 rings (SSSR count). The van der Waals surface area contributed by atoms with Crippen LogP contribution in [0.15, 0.2) is 0 Å². The minimum atomic E-state index is 0. The molecule has 14 heavy (non-hydrogen) atoms. The number of rotatable bonds is 0. The van der Waals surface area contributed by atoms with Crippen LogP contribution in [0.1, 0.15) is 0 Å². The second-order valence-electron chi connectivity index (χ2n) is 0.400. The van der Waals surface area contributed by atoms with E-state index in [0.717, 1.165) is 25.0 Å². The van der Waals surface area contributed by atoms with Gasteiger partial charge in [-0.25, -0.2) is 0 Å². The number of hydrogen-bond acceptors (Lipinski definition) is 8. The van der Waals surface area contributed by atoms with Gasteiger partial charge in [0.05, 0.1) is 0 Å². The van der Waals surface area contributed by atoms with Crippen LogP contribution in [0.2, 0.25) is 0 Å². The zero-order valence-electron chi connectivity index (χ0n) is 6.99. The van der Waals surface area contributed by atoms with Gasteiger partial charge >= 0.3 is 0 Å². The fourth-order valence-corrected chi connectivity index (χ4v) is 0. The van der Waals surface area contributed by atoms with Crippen LogP contribution in [0.25, 0.3) is 0 Å². The van der Waals surface area contributed by atoms with E-state index in [9.17, 15) is 0 Å². The fourth-order valence-electron chi connectivity index (χ4n) is 0. The summed E-state index contributed by atoms with van der Waals surface area (Å²) in [5.41, 5.74) is 0. The van der Waals surface area contributed by atoms with E-state index >= 15 is 0 Å². The summed E-state index contributed by atoms with van der Waals surface area (Å²) >= 11 is 0. The molecular weight excluding hydrogens is 299 g/mol. The van der Waals surface area contributed by atoms with E-state index in [0.29, 0.717) is 0 Å². The first-order chi connectivity index (χ1) is 5.66. The Hall–Kier alpha value is -1.59. The molecule has 0 unspecified atom stereocenters. The molecule has 0 saturated carbocycles. The summed E-state index contributed by atoms with van der Waals surface area (Å²) in [6.07, 6.45) is 3.00. The van der Waals surface area contributed by atoms with Crippen molar-refractivity contribution in [3.8, 4) is 25.0 Å². The van der Waals surface area contributed by atoms with E-state index in [1.807, 2.05) is 0 Å². The summed E-state index contributed by atoms with van der Waals surface area (Å²) in [4.78, 5) is 0. The predicted octanol–water partition coefficient (Wildman–Crippen LogP) is -0.645. The summed E-state index contributed by atoms with van der Waals surface area (Å²) in [7, 11) is 0. The van der Waals surface area contributed by atoms with Gasteiger partial charge in [0.2, 0.25) is 0 Å². The smallest absolute Gasteiger partial charge is 0.283 e. The van der Waals surface area contributed by atoms with Crippen molar-refractivity contribution in [3.05, 3.63) is 0 Å². The van der Waals surface area contributed by atoms with Gasteiger partial charge in [-0.2, -0.15) is 21.0 Å². The van der Waals surface area contributed by atoms with Gasteiger partial charge in [0.15, 0.2) is 0 Å². The monoisotopic (exact) mass is 300 g/mol. The Morgan fingerprint density at radius 2 is 0.500 bits per heavy atom. The number of nitriles is 4. The fraction of sp³-hybridized carbons (Fsp3) is 0. The molecule has 0 spiro atoms. The maximum atomic E-state index is 6.88. The normalized spacial score (nSPS) is 2.00. The van der Waals surface area contributed by atoms with Crippen LogP contribution in [-0.4, -0.2) is 20.4 Å². The van der Waals surface area contributed by atoms with Crippen molar-refractivity contribution in [2.24, 2.45) is 0 Å². The molecule has 0 aliphatic carbocycles. The van der Waals surface area contributed by atoms with Crippen molar-refractivity contribution in [2.45, 2.75) is 0 Å². The number of hydrogen-bond donors (Lipinski definition) is 4. The predicted molar refractivity (Wildman–Crippen MR) is 30.2 cm³/mol. The zero-order chi connectivity index (χ0) is 10.8. The third-order valence-electron chi connectivity index (χ3n) is 0. The van der Waals surface area contributed by atoms with Gasteiger partial charge in [0.1, 0.15) is 0 Å². The van der Waals surface area contributed by atoms with Crippen molar-refractivity contribution >= 4 is 0 Å². The summed E-state index contributed by atoms with van der Waals surface area (Å²) in [6.45, 7) is 0. The summed E-state index contributed by atoms with van der Waals surface area (Å²) in [6, 6.07) is 0. The first-order valence-corrected chi connectivity index (χ1v) is 1.79. The maximum Gasteiger partial charge on any atom is 0.283 e. The number of aliphatic hydroxyl groups is 4. The van der Waals surface area contributed by atoms with Crippen LogP contribution in [-0.2, 0) is 39.0 Å². The molecule has 0 radical (unpaired) electrons. The van der Waals surface area contributed by atoms with Crippen LogP contribution in [0, 0.1) is 46.1 Å². The second kappa shape index (κ2) is 213. The number of aliphatic hydroxyl groups excluding tert-OH is 4. The van der Waals surface area contributed by atoms with E-state index in [-0.39, 0.29) is 39.0 Å². The van der Waals surface area contributed by atoms with Gasteiger partial charge in [-0.05, 0) is 0 Å². The maximum absolute atomic E-state index is 6.88. The molecule has 0 fully saturated rings. The molecule has 0 aromatic rings. The quantitative estimate of drug-likeness (QED) is 0.337. The van der Waals surface area contributed by atoms with Gasteiger partial charge < -0.3 is 20.4 Å². The molecule has 0 bridgehead atoms. The molecule has 0 aliphatic heterocycles. The molecule has 0 heterocycles. The molecule has 0 saturated heterocycles. The second-order valence-corrected chi connectivity index (χ2v) is 0.400. The Morgan fingerprint density at radius 3 is 0.500 bits per heavy atom. The third-order valence-corrected chi connectivity index (χ3v) is 0. The minimum Gasteiger partial charge on any atom is -0.443 e. The largest absolute Gasteiger partial charge is 0.443 e. The van der Waals surface area contributed by atoms with Gasteiger partial charge in [-0.3, -0.25) is 0 Å². The molecule has 0 aromatic carbocycles. The summed E-state index contributed by atoms with van der Waals surface area (Å²) in [5, 5.41) is 55.0. The SMILES string of the molecule is N#CO.N#CO.N#CO.N#CO.[Zn].[Zn]. The molecular formula is C4H4N4O4Zn2. The molecule has 0 atom stereocenters. The van der Waals surface area contributed by atoms with E-state index in [1.165, 1.54) is 0 Å². The summed E-state index contributed by atoms with van der Waals surface area (Å²) < 4.78 is 0. The first kappa shape index (κ1) is 39.3. The van der Waals surface area contributed by atoms with E-state index < -0.39 is 0 Å². The number of nitrogens with zero attached hydrogens (tertiary/aromatic N) is 4. The van der Waals surface area contributed by atoms with Gasteiger partial charge in [0.25, 0.3) is 25.0 Å². The summed E-state index contributed by atoms with van der Waals surface area (Å²) in [5.74, 6) is 0. The molecule has 68 valence electrons. The van der Waals surface area contributed by atoms with E-state index in [1.54, 1.807) is 0 Å². The first-order valence-electron chi connectivity index (χ1n) is 1.79. The van der Waals surface area contributed by atoms with Crippen LogP contribution in [0.4, 0.5) is 0 Å². The van der Waals surface area contributed by atoms with Crippen molar-refractivity contribution in [3.63, 3.8) is 0 Å².